The van der Waals surface area contributed by atoms with Crippen LogP contribution in [0.2, 0.25) is 0 Å². The van der Waals surface area contributed by atoms with Gasteiger partial charge in [-0.05, 0) is 90.9 Å². The van der Waals surface area contributed by atoms with Gasteiger partial charge in [-0.2, -0.15) is 13.2 Å². The number of carbonyl (C=O) groups excluding carboxylic acids is 2. The van der Waals surface area contributed by atoms with Crippen LogP contribution in [0.4, 0.5) is 23.9 Å². The molecular formula is C29H28F3N5O2S. The molecule has 40 heavy (non-hydrogen) atoms. The lowest BCUT2D eigenvalue weighted by Gasteiger charge is -2.29. The van der Waals surface area contributed by atoms with E-state index in [-0.39, 0.29) is 6.04 Å². The summed E-state index contributed by atoms with van der Waals surface area (Å²) >= 11 is 0.850. The maximum Gasteiger partial charge on any atom is 0.416 e. The zero-order valence-electron chi connectivity index (χ0n) is 21.5. The third-order valence-corrected chi connectivity index (χ3v) is 7.86. The number of anilines is 1. The average Bonchev–Trinajstić information content (AvgIpc) is 3.25. The van der Waals surface area contributed by atoms with Crippen molar-refractivity contribution in [3.8, 4) is 11.1 Å². The highest BCUT2D eigenvalue weighted by atomic mass is 32.2. The van der Waals surface area contributed by atoms with Gasteiger partial charge in [-0.1, -0.05) is 36.4 Å². The third kappa shape index (κ3) is 7.08. The van der Waals surface area contributed by atoms with Crippen LogP contribution in [0.15, 0.2) is 65.7 Å². The van der Waals surface area contributed by atoms with Gasteiger partial charge in [0, 0.05) is 18.8 Å². The quantitative estimate of drug-likeness (QED) is 0.277. The Kier molecular flexibility index (Phi) is 8.51. The van der Waals surface area contributed by atoms with Crippen molar-refractivity contribution in [2.45, 2.75) is 44.4 Å². The van der Waals surface area contributed by atoms with E-state index >= 15 is 0 Å². The number of alkyl halides is 3. The van der Waals surface area contributed by atoms with E-state index in [1.165, 1.54) is 12.1 Å². The van der Waals surface area contributed by atoms with E-state index < -0.39 is 22.9 Å². The van der Waals surface area contributed by atoms with E-state index in [0.717, 1.165) is 61.2 Å². The van der Waals surface area contributed by atoms with E-state index in [1.54, 1.807) is 24.4 Å². The van der Waals surface area contributed by atoms with Crippen LogP contribution in [0.25, 0.3) is 17.2 Å². The summed E-state index contributed by atoms with van der Waals surface area (Å²) in [6, 6.07) is 14.9. The van der Waals surface area contributed by atoms with Crippen LogP contribution in [0.5, 0.6) is 0 Å². The number of rotatable bonds is 8. The topological polar surface area (TPSA) is 96.0 Å². The van der Waals surface area contributed by atoms with Crippen molar-refractivity contribution in [3.63, 3.8) is 0 Å². The fourth-order valence-electron chi connectivity index (χ4n) is 5.00. The molecule has 0 bridgehead atoms. The van der Waals surface area contributed by atoms with Crippen LogP contribution >= 0.6 is 11.8 Å². The fourth-order valence-corrected chi connectivity index (χ4v) is 5.67. The van der Waals surface area contributed by atoms with Gasteiger partial charge in [-0.3, -0.25) is 14.9 Å². The molecule has 0 atom stereocenters. The first-order valence-corrected chi connectivity index (χ1v) is 13.9. The van der Waals surface area contributed by atoms with Gasteiger partial charge in [0.2, 0.25) is 5.95 Å². The number of amides is 2. The number of thioether (sulfide) groups is 1. The maximum atomic E-state index is 13.2. The van der Waals surface area contributed by atoms with Crippen molar-refractivity contribution >= 4 is 34.9 Å². The minimum Gasteiger partial charge on any atom is -0.351 e. The summed E-state index contributed by atoms with van der Waals surface area (Å²) in [7, 11) is 0. The lowest BCUT2D eigenvalue weighted by atomic mass is 9.86. The van der Waals surface area contributed by atoms with Gasteiger partial charge in [0.25, 0.3) is 11.1 Å². The van der Waals surface area contributed by atoms with Crippen molar-refractivity contribution < 1.29 is 22.8 Å². The van der Waals surface area contributed by atoms with E-state index in [0.29, 0.717) is 34.6 Å². The molecule has 2 aliphatic rings. The van der Waals surface area contributed by atoms with Gasteiger partial charge in [0.1, 0.15) is 0 Å². The van der Waals surface area contributed by atoms with Gasteiger partial charge < -0.3 is 10.6 Å². The van der Waals surface area contributed by atoms with Gasteiger partial charge >= 0.3 is 6.18 Å². The molecule has 3 aromatic rings. The van der Waals surface area contributed by atoms with Crippen LogP contribution < -0.4 is 16.0 Å². The summed E-state index contributed by atoms with van der Waals surface area (Å²) in [6.07, 6.45) is 2.76. The number of hydrogen-bond donors (Lipinski definition) is 3. The third-order valence-electron chi connectivity index (χ3n) is 7.04. The zero-order valence-corrected chi connectivity index (χ0v) is 22.3. The molecule has 208 valence electrons. The molecule has 1 aromatic heterocycles. The zero-order chi connectivity index (χ0) is 28.1. The Bertz CT molecular complexity index is 1420. The van der Waals surface area contributed by atoms with E-state index in [9.17, 15) is 22.8 Å². The second-order valence-electron chi connectivity index (χ2n) is 9.89. The number of hydrogen-bond acceptors (Lipinski definition) is 7. The standard InChI is InChI=1S/C29H28F3N5O2S/c30-29(31,32)21-6-3-5-19(14-21)24-7-2-1-4-20(24)17-33-16-18-8-10-22(11-9-18)35-27-34-13-12-23(36-27)15-25-26(38)37-28(39)40-25/h1-7,12-15,18,22,33H,8-11,16-17H2,(H,34,35,36)(H,37,38,39)/b25-15-. The van der Waals surface area contributed by atoms with Gasteiger partial charge in [-0.25, -0.2) is 9.97 Å². The second kappa shape index (κ2) is 12.2. The number of halogens is 3. The predicted molar refractivity (Wildman–Crippen MR) is 149 cm³/mol. The molecule has 1 saturated carbocycles. The van der Waals surface area contributed by atoms with E-state index in [1.807, 2.05) is 24.3 Å². The molecule has 0 radical (unpaired) electrons. The molecule has 0 spiro atoms. The lowest BCUT2D eigenvalue weighted by molar-refractivity contribution is -0.137. The second-order valence-corrected chi connectivity index (χ2v) is 10.9. The highest BCUT2D eigenvalue weighted by molar-refractivity contribution is 8.18. The summed E-state index contributed by atoms with van der Waals surface area (Å²) in [5.74, 6) is 0.553. The van der Waals surface area contributed by atoms with Crippen LogP contribution in [-0.2, 0) is 17.5 Å². The molecule has 5 rings (SSSR count). The van der Waals surface area contributed by atoms with Gasteiger partial charge in [0.15, 0.2) is 0 Å². The Hall–Kier alpha value is -3.70. The molecule has 2 aromatic carbocycles. The van der Waals surface area contributed by atoms with Gasteiger partial charge in [-0.15, -0.1) is 0 Å². The van der Waals surface area contributed by atoms with Crippen molar-refractivity contribution in [2.24, 2.45) is 5.92 Å². The van der Waals surface area contributed by atoms with Crippen LogP contribution in [0.1, 0.15) is 42.5 Å². The first-order valence-electron chi connectivity index (χ1n) is 13.1. The Balaban J connectivity index is 1.11. The average molecular weight is 568 g/mol. The Morgan fingerprint density at radius 3 is 2.58 bits per heavy atom. The SMILES string of the molecule is O=C1NC(=O)/C(=C/c2ccnc(NC3CCC(CNCc4ccccc4-c4cccc(C(F)(F)F)c4)CC3)n2)S1. The molecule has 2 amide bonds. The number of imide groups is 1. The largest absolute Gasteiger partial charge is 0.416 e. The molecule has 1 aliphatic carbocycles. The first kappa shape index (κ1) is 27.9. The summed E-state index contributed by atoms with van der Waals surface area (Å²) in [6.45, 7) is 1.39. The molecule has 3 N–H and O–H groups in total. The Labute approximate surface area is 234 Å². The monoisotopic (exact) mass is 567 g/mol. The molecule has 0 unspecified atom stereocenters. The van der Waals surface area contributed by atoms with Crippen LogP contribution in [0, 0.1) is 5.92 Å². The summed E-state index contributed by atoms with van der Waals surface area (Å²) < 4.78 is 39.6. The van der Waals surface area contributed by atoms with Crippen molar-refractivity contribution in [1.29, 1.82) is 0 Å². The van der Waals surface area contributed by atoms with Crippen molar-refractivity contribution in [1.82, 2.24) is 20.6 Å². The van der Waals surface area contributed by atoms with Crippen LogP contribution in [0.3, 0.4) is 0 Å². The van der Waals surface area contributed by atoms with Gasteiger partial charge in [0.05, 0.1) is 16.2 Å². The number of carbonyl (C=O) groups is 2. The molecular weight excluding hydrogens is 539 g/mol. The molecule has 11 heteroatoms. The van der Waals surface area contributed by atoms with Crippen molar-refractivity contribution in [3.05, 3.63) is 82.5 Å². The molecule has 7 nitrogen and oxygen atoms in total. The number of nitrogens with one attached hydrogen (secondary N) is 3. The van der Waals surface area contributed by atoms with E-state index in [4.69, 9.17) is 0 Å². The number of benzene rings is 2. The van der Waals surface area contributed by atoms with Crippen LogP contribution in [-0.4, -0.2) is 33.7 Å². The predicted octanol–water partition coefficient (Wildman–Crippen LogP) is 6.25. The Morgan fingerprint density at radius 2 is 1.82 bits per heavy atom. The first-order chi connectivity index (χ1) is 19.2. The molecule has 2 fully saturated rings. The lowest BCUT2D eigenvalue weighted by Crippen LogP contribution is -2.31. The highest BCUT2D eigenvalue weighted by Gasteiger charge is 2.30. The van der Waals surface area contributed by atoms with Crippen molar-refractivity contribution in [2.75, 3.05) is 11.9 Å². The highest BCUT2D eigenvalue weighted by Crippen LogP contribution is 2.33. The normalized spacial score (nSPS) is 20.5. The number of nitrogens with zero attached hydrogens (tertiary/aromatic N) is 2. The summed E-state index contributed by atoms with van der Waals surface area (Å²) in [4.78, 5) is 32.2. The molecule has 1 saturated heterocycles. The smallest absolute Gasteiger partial charge is 0.351 e. The Morgan fingerprint density at radius 1 is 1.02 bits per heavy atom. The molecule has 1 aliphatic heterocycles. The summed E-state index contributed by atoms with van der Waals surface area (Å²) in [5, 5.41) is 8.72. The number of aromatic nitrogens is 2. The van der Waals surface area contributed by atoms with E-state index in [2.05, 4.69) is 25.9 Å². The summed E-state index contributed by atoms with van der Waals surface area (Å²) in [5.41, 5.74) is 2.21. The minimum absolute atomic E-state index is 0.228. The fraction of sp³-hybridized carbons (Fsp3) is 0.310. The minimum atomic E-state index is -4.38. The molecule has 2 heterocycles. The maximum absolute atomic E-state index is 13.2.